The van der Waals surface area contributed by atoms with E-state index in [0.717, 1.165) is 5.56 Å². The van der Waals surface area contributed by atoms with E-state index in [4.69, 9.17) is 4.74 Å². The molecule has 0 radical (unpaired) electrons. The molecule has 1 atom stereocenters. The lowest BCUT2D eigenvalue weighted by Gasteiger charge is -2.21. The van der Waals surface area contributed by atoms with Gasteiger partial charge in [-0.3, -0.25) is 0 Å². The fourth-order valence-corrected chi connectivity index (χ4v) is 2.81. The van der Waals surface area contributed by atoms with E-state index in [0.29, 0.717) is 5.75 Å². The lowest BCUT2D eigenvalue weighted by Crippen LogP contribution is -2.44. The molecular formula is C17H25NO4S. The molecule has 0 heterocycles. The molecule has 1 aromatic carbocycles. The summed E-state index contributed by atoms with van der Waals surface area (Å²) >= 11 is 1.47. The monoisotopic (exact) mass is 339 g/mol. The number of amides is 1. The second-order valence-electron chi connectivity index (χ2n) is 6.47. The normalized spacial score (nSPS) is 12.6. The number of carboxylic acids is 1. The third kappa shape index (κ3) is 7.41. The summed E-state index contributed by atoms with van der Waals surface area (Å²) in [5, 5.41) is 11.6. The zero-order valence-corrected chi connectivity index (χ0v) is 15.1. The van der Waals surface area contributed by atoms with E-state index in [-0.39, 0.29) is 5.75 Å². The molecule has 0 aromatic heterocycles. The summed E-state index contributed by atoms with van der Waals surface area (Å²) < 4.78 is 5.09. The molecule has 0 spiro atoms. The Hall–Kier alpha value is -1.69. The molecule has 0 saturated heterocycles. The van der Waals surface area contributed by atoms with E-state index in [9.17, 15) is 14.7 Å². The van der Waals surface area contributed by atoms with Crippen molar-refractivity contribution < 1.29 is 19.4 Å². The summed E-state index contributed by atoms with van der Waals surface area (Å²) in [6.45, 7) is 9.30. The van der Waals surface area contributed by atoms with Crippen molar-refractivity contribution in [2.24, 2.45) is 0 Å². The first-order valence-corrected chi connectivity index (χ1v) is 8.60. The number of rotatable bonds is 6. The van der Waals surface area contributed by atoms with Gasteiger partial charge in [0.25, 0.3) is 0 Å². The Morgan fingerprint density at radius 1 is 1.26 bits per heavy atom. The number of carbonyl (C=O) groups excluding carboxylic acids is 1. The van der Waals surface area contributed by atoms with Crippen LogP contribution in [0.3, 0.4) is 0 Å². The number of thioether (sulfide) groups is 1. The van der Waals surface area contributed by atoms with Gasteiger partial charge in [0.2, 0.25) is 0 Å². The maximum Gasteiger partial charge on any atom is 0.408 e. The largest absolute Gasteiger partial charge is 0.480 e. The Balaban J connectivity index is 2.52. The third-order valence-electron chi connectivity index (χ3n) is 3.11. The Morgan fingerprint density at radius 3 is 2.43 bits per heavy atom. The number of hydrogen-bond acceptors (Lipinski definition) is 4. The summed E-state index contributed by atoms with van der Waals surface area (Å²) in [6.07, 6.45) is -0.711. The Labute approximate surface area is 141 Å². The second-order valence-corrected chi connectivity index (χ2v) is 7.50. The number of carboxylic acid groups (broad SMARTS) is 1. The number of benzene rings is 1. The van der Waals surface area contributed by atoms with Gasteiger partial charge in [0.1, 0.15) is 11.6 Å². The van der Waals surface area contributed by atoms with Crippen LogP contribution in [0.15, 0.2) is 18.2 Å². The van der Waals surface area contributed by atoms with Crippen molar-refractivity contribution in [2.75, 3.05) is 5.75 Å². The van der Waals surface area contributed by atoms with Crippen LogP contribution in [-0.2, 0) is 15.3 Å². The van der Waals surface area contributed by atoms with Crippen molar-refractivity contribution in [2.45, 2.75) is 52.0 Å². The molecule has 0 aliphatic carbocycles. The fourth-order valence-electron chi connectivity index (χ4n) is 1.81. The smallest absolute Gasteiger partial charge is 0.408 e. The standard InChI is InChI=1S/C17H25NO4S/c1-11-6-7-13(8-12(11)2)9-23-10-14(15(19)20)18-16(21)22-17(3,4)5/h6-8,14H,9-10H2,1-5H3,(H,18,21)(H,19,20). The van der Waals surface area contributed by atoms with Gasteiger partial charge in [0.05, 0.1) is 0 Å². The van der Waals surface area contributed by atoms with Gasteiger partial charge in [-0.05, 0) is 51.3 Å². The highest BCUT2D eigenvalue weighted by atomic mass is 32.2. The van der Waals surface area contributed by atoms with Gasteiger partial charge in [0, 0.05) is 11.5 Å². The molecule has 0 fully saturated rings. The van der Waals surface area contributed by atoms with Gasteiger partial charge >= 0.3 is 12.1 Å². The molecular weight excluding hydrogens is 314 g/mol. The van der Waals surface area contributed by atoms with Crippen molar-refractivity contribution >= 4 is 23.8 Å². The van der Waals surface area contributed by atoms with E-state index in [1.807, 2.05) is 13.0 Å². The highest BCUT2D eigenvalue weighted by Gasteiger charge is 2.23. The van der Waals surface area contributed by atoms with Gasteiger partial charge < -0.3 is 15.2 Å². The van der Waals surface area contributed by atoms with Crippen LogP contribution in [-0.4, -0.2) is 34.6 Å². The van der Waals surface area contributed by atoms with Crippen molar-refractivity contribution in [3.05, 3.63) is 34.9 Å². The molecule has 0 aliphatic rings. The predicted molar refractivity (Wildman–Crippen MR) is 92.9 cm³/mol. The maximum atomic E-state index is 11.7. The number of aliphatic carboxylic acids is 1. The number of alkyl carbamates (subject to hydrolysis) is 1. The van der Waals surface area contributed by atoms with E-state index < -0.39 is 23.7 Å². The topological polar surface area (TPSA) is 75.6 Å². The lowest BCUT2D eigenvalue weighted by molar-refractivity contribution is -0.138. The summed E-state index contributed by atoms with van der Waals surface area (Å²) in [5.74, 6) is -0.0917. The molecule has 128 valence electrons. The van der Waals surface area contributed by atoms with Crippen molar-refractivity contribution in [1.29, 1.82) is 0 Å². The molecule has 23 heavy (non-hydrogen) atoms. The molecule has 1 unspecified atom stereocenters. The molecule has 6 heteroatoms. The molecule has 1 rings (SSSR count). The first kappa shape index (κ1) is 19.4. The van der Waals surface area contributed by atoms with Crippen molar-refractivity contribution in [1.82, 2.24) is 5.32 Å². The van der Waals surface area contributed by atoms with Crippen LogP contribution in [0.4, 0.5) is 4.79 Å². The number of ether oxygens (including phenoxy) is 1. The minimum Gasteiger partial charge on any atom is -0.480 e. The number of hydrogen-bond donors (Lipinski definition) is 2. The van der Waals surface area contributed by atoms with Crippen molar-refractivity contribution in [3.8, 4) is 0 Å². The van der Waals surface area contributed by atoms with E-state index in [1.165, 1.54) is 22.9 Å². The first-order valence-electron chi connectivity index (χ1n) is 7.44. The van der Waals surface area contributed by atoms with E-state index in [1.54, 1.807) is 20.8 Å². The van der Waals surface area contributed by atoms with Crippen LogP contribution in [0.2, 0.25) is 0 Å². The molecule has 1 amide bonds. The molecule has 0 aliphatic heterocycles. The Morgan fingerprint density at radius 2 is 1.91 bits per heavy atom. The molecule has 5 nitrogen and oxygen atoms in total. The minimum atomic E-state index is -1.07. The minimum absolute atomic E-state index is 0.279. The van der Waals surface area contributed by atoms with Crippen LogP contribution in [0, 0.1) is 13.8 Å². The Bertz CT molecular complexity index is 566. The Kier molecular flexibility index (Phi) is 6.94. The zero-order chi connectivity index (χ0) is 17.6. The predicted octanol–water partition coefficient (Wildman–Crippen LogP) is 3.51. The van der Waals surface area contributed by atoms with Crippen LogP contribution >= 0.6 is 11.8 Å². The SMILES string of the molecule is Cc1ccc(CSCC(NC(=O)OC(C)(C)C)C(=O)O)cc1C. The van der Waals surface area contributed by atoms with Gasteiger partial charge in [-0.1, -0.05) is 18.2 Å². The van der Waals surface area contributed by atoms with E-state index in [2.05, 4.69) is 24.4 Å². The lowest BCUT2D eigenvalue weighted by atomic mass is 10.1. The molecule has 0 bridgehead atoms. The average Bonchev–Trinajstić information content (AvgIpc) is 2.39. The maximum absolute atomic E-state index is 11.7. The molecule has 0 saturated carbocycles. The number of aryl methyl sites for hydroxylation is 2. The molecule has 2 N–H and O–H groups in total. The van der Waals surface area contributed by atoms with Crippen LogP contribution < -0.4 is 5.32 Å². The van der Waals surface area contributed by atoms with E-state index >= 15 is 0 Å². The van der Waals surface area contributed by atoms with Crippen LogP contribution in [0.1, 0.15) is 37.5 Å². The van der Waals surface area contributed by atoms with Crippen LogP contribution in [0.5, 0.6) is 0 Å². The average molecular weight is 339 g/mol. The summed E-state index contributed by atoms with van der Waals surface area (Å²) in [4.78, 5) is 22.9. The van der Waals surface area contributed by atoms with Crippen LogP contribution in [0.25, 0.3) is 0 Å². The zero-order valence-electron chi connectivity index (χ0n) is 14.3. The first-order chi connectivity index (χ1) is 10.6. The summed E-state index contributed by atoms with van der Waals surface area (Å²) in [7, 11) is 0. The summed E-state index contributed by atoms with van der Waals surface area (Å²) in [6, 6.07) is 5.21. The third-order valence-corrected chi connectivity index (χ3v) is 4.22. The summed E-state index contributed by atoms with van der Waals surface area (Å²) in [5.41, 5.74) is 2.93. The van der Waals surface area contributed by atoms with Gasteiger partial charge in [-0.25, -0.2) is 9.59 Å². The highest BCUT2D eigenvalue weighted by Crippen LogP contribution is 2.17. The van der Waals surface area contributed by atoms with Gasteiger partial charge in [-0.2, -0.15) is 11.8 Å². The van der Waals surface area contributed by atoms with Crippen molar-refractivity contribution in [3.63, 3.8) is 0 Å². The highest BCUT2D eigenvalue weighted by molar-refractivity contribution is 7.98. The quantitative estimate of drug-likeness (QED) is 0.829. The molecule has 1 aromatic rings. The number of nitrogens with one attached hydrogen (secondary N) is 1. The number of carbonyl (C=O) groups is 2. The second kappa shape index (κ2) is 8.24. The van der Waals surface area contributed by atoms with Gasteiger partial charge in [-0.15, -0.1) is 0 Å². The fraction of sp³-hybridized carbons (Fsp3) is 0.529. The van der Waals surface area contributed by atoms with Gasteiger partial charge in [0.15, 0.2) is 0 Å².